The molecule has 0 radical (unpaired) electrons. The summed E-state index contributed by atoms with van der Waals surface area (Å²) in [6, 6.07) is 14.6. The van der Waals surface area contributed by atoms with E-state index in [4.69, 9.17) is 4.74 Å². The highest BCUT2D eigenvalue weighted by Gasteiger charge is 2.09. The molecular formula is C20H21N3O4. The third kappa shape index (κ3) is 4.51. The number of benzene rings is 2. The number of H-pyrrole nitrogens is 1. The Morgan fingerprint density at radius 1 is 1.11 bits per heavy atom. The predicted molar refractivity (Wildman–Crippen MR) is 102 cm³/mol. The van der Waals surface area contributed by atoms with Gasteiger partial charge in [-0.05, 0) is 23.3 Å². The number of para-hydroxylation sites is 1. The molecule has 27 heavy (non-hydrogen) atoms. The van der Waals surface area contributed by atoms with E-state index in [0.717, 1.165) is 11.1 Å². The van der Waals surface area contributed by atoms with E-state index >= 15 is 0 Å². The van der Waals surface area contributed by atoms with Gasteiger partial charge in [0.25, 0.3) is 5.56 Å². The fourth-order valence-corrected chi connectivity index (χ4v) is 2.96. The number of aryl methyl sites for hydroxylation is 1. The standard InChI is InChI=1S/C20H21N3O4/c1-27-13-15-6-4-5-14(11-15)12-21-18(24)9-10-23-17-8-3-2-7-16(17)19(25)22-20(23)26/h2-8,11H,9-10,12-13H2,1H3,(H,21,24)(H,22,25,26). The maximum absolute atomic E-state index is 12.2. The molecule has 1 amide bonds. The normalized spacial score (nSPS) is 10.9. The lowest BCUT2D eigenvalue weighted by molar-refractivity contribution is -0.121. The zero-order valence-electron chi connectivity index (χ0n) is 15.0. The van der Waals surface area contributed by atoms with Gasteiger partial charge < -0.3 is 10.1 Å². The van der Waals surface area contributed by atoms with Crippen LogP contribution in [0.5, 0.6) is 0 Å². The Morgan fingerprint density at radius 2 is 1.89 bits per heavy atom. The van der Waals surface area contributed by atoms with Crippen LogP contribution >= 0.6 is 0 Å². The summed E-state index contributed by atoms with van der Waals surface area (Å²) in [7, 11) is 1.64. The van der Waals surface area contributed by atoms with Crippen molar-refractivity contribution in [1.82, 2.24) is 14.9 Å². The van der Waals surface area contributed by atoms with Crippen molar-refractivity contribution in [3.05, 3.63) is 80.5 Å². The molecule has 0 aliphatic heterocycles. The van der Waals surface area contributed by atoms with Crippen LogP contribution in [0.3, 0.4) is 0 Å². The third-order valence-electron chi connectivity index (χ3n) is 4.26. The molecule has 7 heteroatoms. The second-order valence-electron chi connectivity index (χ2n) is 6.21. The van der Waals surface area contributed by atoms with E-state index < -0.39 is 11.2 Å². The topological polar surface area (TPSA) is 93.2 Å². The number of hydrogen-bond donors (Lipinski definition) is 2. The molecule has 0 atom stereocenters. The van der Waals surface area contributed by atoms with E-state index in [1.807, 2.05) is 24.3 Å². The number of methoxy groups -OCH3 is 1. The second-order valence-corrected chi connectivity index (χ2v) is 6.21. The lowest BCUT2D eigenvalue weighted by atomic mass is 10.1. The number of ether oxygens (including phenoxy) is 1. The molecule has 0 fully saturated rings. The molecule has 0 saturated carbocycles. The van der Waals surface area contributed by atoms with Gasteiger partial charge in [0.15, 0.2) is 0 Å². The van der Waals surface area contributed by atoms with E-state index in [1.54, 1.807) is 31.4 Å². The molecule has 3 aromatic rings. The van der Waals surface area contributed by atoms with Crippen LogP contribution in [-0.4, -0.2) is 22.6 Å². The molecule has 1 aromatic heterocycles. The molecule has 7 nitrogen and oxygen atoms in total. The number of rotatable bonds is 7. The van der Waals surface area contributed by atoms with Crippen LogP contribution in [0, 0.1) is 0 Å². The van der Waals surface area contributed by atoms with Gasteiger partial charge in [0.05, 0.1) is 17.5 Å². The summed E-state index contributed by atoms with van der Waals surface area (Å²) in [5.41, 5.74) is 1.59. The molecule has 2 N–H and O–H groups in total. The average Bonchev–Trinajstić information content (AvgIpc) is 2.67. The number of nitrogens with one attached hydrogen (secondary N) is 2. The molecule has 0 bridgehead atoms. The van der Waals surface area contributed by atoms with Crippen LogP contribution in [0.1, 0.15) is 17.5 Å². The largest absolute Gasteiger partial charge is 0.380 e. The number of hydrogen-bond acceptors (Lipinski definition) is 4. The summed E-state index contributed by atoms with van der Waals surface area (Å²) in [5.74, 6) is -0.172. The first kappa shape index (κ1) is 18.6. The summed E-state index contributed by atoms with van der Waals surface area (Å²) in [5, 5.41) is 3.27. The molecule has 2 aromatic carbocycles. The lowest BCUT2D eigenvalue weighted by Crippen LogP contribution is -2.32. The zero-order chi connectivity index (χ0) is 19.2. The van der Waals surface area contributed by atoms with Crippen molar-refractivity contribution >= 4 is 16.8 Å². The Bertz CT molecular complexity index is 1070. The van der Waals surface area contributed by atoms with Gasteiger partial charge in [-0.1, -0.05) is 36.4 Å². The van der Waals surface area contributed by atoms with Crippen molar-refractivity contribution in [2.75, 3.05) is 7.11 Å². The number of aromatic amines is 1. The summed E-state index contributed by atoms with van der Waals surface area (Å²) in [4.78, 5) is 38.5. The molecule has 1 heterocycles. The summed E-state index contributed by atoms with van der Waals surface area (Å²) < 4.78 is 6.52. The van der Waals surface area contributed by atoms with Crippen molar-refractivity contribution in [2.24, 2.45) is 0 Å². The number of nitrogens with zero attached hydrogens (tertiary/aromatic N) is 1. The second kappa shape index (κ2) is 8.46. The van der Waals surface area contributed by atoms with Crippen molar-refractivity contribution in [3.8, 4) is 0 Å². The van der Waals surface area contributed by atoms with E-state index in [-0.39, 0.29) is 18.9 Å². The van der Waals surface area contributed by atoms with Gasteiger partial charge in [-0.3, -0.25) is 19.1 Å². The molecule has 140 valence electrons. The van der Waals surface area contributed by atoms with Crippen LogP contribution in [0.2, 0.25) is 0 Å². The molecule has 0 unspecified atom stereocenters. The van der Waals surface area contributed by atoms with E-state index in [1.165, 1.54) is 4.57 Å². The fourth-order valence-electron chi connectivity index (χ4n) is 2.96. The van der Waals surface area contributed by atoms with E-state index in [2.05, 4.69) is 10.3 Å². The Morgan fingerprint density at radius 3 is 2.70 bits per heavy atom. The number of carbonyl (C=O) groups excluding carboxylic acids is 1. The molecule has 0 aliphatic carbocycles. The van der Waals surface area contributed by atoms with Crippen LogP contribution < -0.4 is 16.6 Å². The SMILES string of the molecule is COCc1cccc(CNC(=O)CCn2c(=O)[nH]c(=O)c3ccccc32)c1. The average molecular weight is 367 g/mol. The van der Waals surface area contributed by atoms with Gasteiger partial charge in [0, 0.05) is 26.6 Å². The fraction of sp³-hybridized carbons (Fsp3) is 0.250. The van der Waals surface area contributed by atoms with Gasteiger partial charge >= 0.3 is 5.69 Å². The summed E-state index contributed by atoms with van der Waals surface area (Å²) in [6.45, 7) is 1.10. The molecular weight excluding hydrogens is 346 g/mol. The maximum atomic E-state index is 12.2. The third-order valence-corrected chi connectivity index (χ3v) is 4.26. The minimum Gasteiger partial charge on any atom is -0.380 e. The minimum absolute atomic E-state index is 0.133. The van der Waals surface area contributed by atoms with E-state index in [9.17, 15) is 14.4 Å². The number of fused-ring (bicyclic) bond motifs is 1. The lowest BCUT2D eigenvalue weighted by Gasteiger charge is -2.10. The van der Waals surface area contributed by atoms with Crippen molar-refractivity contribution in [3.63, 3.8) is 0 Å². The Hall–Kier alpha value is -3.19. The van der Waals surface area contributed by atoms with Crippen LogP contribution in [0.15, 0.2) is 58.1 Å². The highest BCUT2D eigenvalue weighted by atomic mass is 16.5. The van der Waals surface area contributed by atoms with Gasteiger partial charge in [0.2, 0.25) is 5.91 Å². The zero-order valence-corrected chi connectivity index (χ0v) is 15.0. The first-order chi connectivity index (χ1) is 13.1. The highest BCUT2D eigenvalue weighted by Crippen LogP contribution is 2.08. The Balaban J connectivity index is 1.65. The first-order valence-corrected chi connectivity index (χ1v) is 8.64. The first-order valence-electron chi connectivity index (χ1n) is 8.64. The van der Waals surface area contributed by atoms with Crippen molar-refractivity contribution in [2.45, 2.75) is 26.1 Å². The monoisotopic (exact) mass is 367 g/mol. The molecule has 0 spiro atoms. The van der Waals surface area contributed by atoms with Gasteiger partial charge in [-0.2, -0.15) is 0 Å². The molecule has 0 aliphatic rings. The Labute approximate surface area is 155 Å². The molecule has 0 saturated heterocycles. The number of amides is 1. The predicted octanol–water partition coefficient (Wildman–Crippen LogP) is 1.54. The van der Waals surface area contributed by atoms with Crippen molar-refractivity contribution in [1.29, 1.82) is 0 Å². The number of carbonyl (C=O) groups is 1. The Kier molecular flexibility index (Phi) is 5.83. The van der Waals surface area contributed by atoms with Crippen LogP contribution in [0.4, 0.5) is 0 Å². The molecule has 3 rings (SSSR count). The maximum Gasteiger partial charge on any atom is 0.328 e. The van der Waals surface area contributed by atoms with Crippen molar-refractivity contribution < 1.29 is 9.53 Å². The minimum atomic E-state index is -0.515. The summed E-state index contributed by atoms with van der Waals surface area (Å²) in [6.07, 6.45) is 0.133. The highest BCUT2D eigenvalue weighted by molar-refractivity contribution is 5.78. The van der Waals surface area contributed by atoms with Gasteiger partial charge in [0.1, 0.15) is 0 Å². The van der Waals surface area contributed by atoms with E-state index in [0.29, 0.717) is 24.1 Å². The van der Waals surface area contributed by atoms with Gasteiger partial charge in [-0.25, -0.2) is 4.79 Å². The van der Waals surface area contributed by atoms with Crippen LogP contribution in [0.25, 0.3) is 10.9 Å². The summed E-state index contributed by atoms with van der Waals surface area (Å²) >= 11 is 0. The van der Waals surface area contributed by atoms with Crippen LogP contribution in [-0.2, 0) is 29.2 Å². The number of aromatic nitrogens is 2. The smallest absolute Gasteiger partial charge is 0.328 e. The quantitative estimate of drug-likeness (QED) is 0.662. The van der Waals surface area contributed by atoms with Gasteiger partial charge in [-0.15, -0.1) is 0 Å².